The van der Waals surface area contributed by atoms with E-state index in [0.717, 1.165) is 17.1 Å². The van der Waals surface area contributed by atoms with E-state index in [4.69, 9.17) is 5.73 Å². The van der Waals surface area contributed by atoms with Crippen LogP contribution in [0.25, 0.3) is 0 Å². The molecule has 0 radical (unpaired) electrons. The molecule has 4 heteroatoms. The highest BCUT2D eigenvalue weighted by atomic mass is 15.1. The summed E-state index contributed by atoms with van der Waals surface area (Å²) in [5.74, 6) is 1.02. The van der Waals surface area contributed by atoms with Crippen LogP contribution in [0.1, 0.15) is 31.9 Å². The molecular weight excluding hydrogens is 236 g/mol. The molecule has 0 aliphatic carbocycles. The quantitative estimate of drug-likeness (QED) is 0.864. The summed E-state index contributed by atoms with van der Waals surface area (Å²) in [6.07, 6.45) is 1.72. The minimum Gasteiger partial charge on any atom is -0.368 e. The number of benzene rings is 1. The molecule has 0 unspecified atom stereocenters. The molecule has 100 valence electrons. The molecule has 0 aliphatic heterocycles. The second-order valence-electron chi connectivity index (χ2n) is 5.71. The summed E-state index contributed by atoms with van der Waals surface area (Å²) >= 11 is 0. The lowest BCUT2D eigenvalue weighted by atomic mass is 9.87. The van der Waals surface area contributed by atoms with Gasteiger partial charge in [0.05, 0.1) is 0 Å². The zero-order valence-electron chi connectivity index (χ0n) is 11.9. The number of nitrogens with zero attached hydrogens (tertiary/aromatic N) is 2. The number of nitrogens with two attached hydrogens (primary N) is 1. The zero-order chi connectivity index (χ0) is 14.0. The number of anilines is 3. The Morgan fingerprint density at radius 2 is 1.74 bits per heavy atom. The summed E-state index contributed by atoms with van der Waals surface area (Å²) in [5, 5.41) is 3.26. The monoisotopic (exact) mass is 256 g/mol. The molecule has 0 spiro atoms. The van der Waals surface area contributed by atoms with Crippen molar-refractivity contribution >= 4 is 17.5 Å². The number of nitrogen functional groups attached to an aromatic ring is 1. The number of aromatic nitrogens is 2. The summed E-state index contributed by atoms with van der Waals surface area (Å²) in [6.45, 7) is 8.55. The van der Waals surface area contributed by atoms with Crippen molar-refractivity contribution < 1.29 is 0 Å². The highest BCUT2D eigenvalue weighted by Gasteiger charge is 2.13. The van der Waals surface area contributed by atoms with Gasteiger partial charge < -0.3 is 11.1 Å². The normalized spacial score (nSPS) is 11.4. The lowest BCUT2D eigenvalue weighted by Crippen LogP contribution is -2.10. The minimum absolute atomic E-state index is 0.161. The highest BCUT2D eigenvalue weighted by Crippen LogP contribution is 2.25. The van der Waals surface area contributed by atoms with Crippen LogP contribution in [0.5, 0.6) is 0 Å². The van der Waals surface area contributed by atoms with Crippen LogP contribution < -0.4 is 11.1 Å². The van der Waals surface area contributed by atoms with E-state index in [0.29, 0.717) is 0 Å². The van der Waals surface area contributed by atoms with Gasteiger partial charge in [0.1, 0.15) is 5.82 Å². The lowest BCUT2D eigenvalue weighted by molar-refractivity contribution is 0.590. The molecule has 0 atom stereocenters. The van der Waals surface area contributed by atoms with E-state index in [1.54, 1.807) is 6.20 Å². The number of hydrogen-bond donors (Lipinski definition) is 2. The van der Waals surface area contributed by atoms with Gasteiger partial charge >= 0.3 is 0 Å². The first-order valence-electron chi connectivity index (χ1n) is 6.33. The topological polar surface area (TPSA) is 63.8 Å². The van der Waals surface area contributed by atoms with Gasteiger partial charge in [-0.3, -0.25) is 0 Å². The Morgan fingerprint density at radius 3 is 2.32 bits per heavy atom. The number of nitrogens with one attached hydrogen (secondary N) is 1. The highest BCUT2D eigenvalue weighted by molar-refractivity contribution is 5.60. The second-order valence-corrected chi connectivity index (χ2v) is 5.71. The number of rotatable bonds is 2. The molecule has 0 amide bonds. The van der Waals surface area contributed by atoms with Crippen LogP contribution in [0, 0.1) is 6.92 Å². The minimum atomic E-state index is 0.161. The van der Waals surface area contributed by atoms with Gasteiger partial charge in [-0.25, -0.2) is 4.98 Å². The third-order valence-electron chi connectivity index (χ3n) is 3.00. The van der Waals surface area contributed by atoms with Gasteiger partial charge in [-0.15, -0.1) is 0 Å². The van der Waals surface area contributed by atoms with Gasteiger partial charge in [0.25, 0.3) is 0 Å². The summed E-state index contributed by atoms with van der Waals surface area (Å²) < 4.78 is 0. The largest absolute Gasteiger partial charge is 0.368 e. The fourth-order valence-corrected chi connectivity index (χ4v) is 1.77. The molecule has 2 aromatic rings. The molecule has 2 rings (SSSR count). The van der Waals surface area contributed by atoms with E-state index >= 15 is 0 Å². The smallest absolute Gasteiger partial charge is 0.221 e. The summed E-state index contributed by atoms with van der Waals surface area (Å²) in [6, 6.07) is 8.36. The van der Waals surface area contributed by atoms with E-state index in [1.807, 2.05) is 6.92 Å². The van der Waals surface area contributed by atoms with Crippen LogP contribution in [0.15, 0.2) is 30.5 Å². The molecule has 0 bridgehead atoms. The van der Waals surface area contributed by atoms with Crippen molar-refractivity contribution in [2.24, 2.45) is 0 Å². The number of aryl methyl sites for hydroxylation is 1. The van der Waals surface area contributed by atoms with Gasteiger partial charge in [-0.05, 0) is 30.0 Å². The first-order valence-corrected chi connectivity index (χ1v) is 6.33. The van der Waals surface area contributed by atoms with E-state index in [9.17, 15) is 0 Å². The molecule has 0 fully saturated rings. The van der Waals surface area contributed by atoms with E-state index in [2.05, 4.69) is 60.3 Å². The maximum atomic E-state index is 5.60. The van der Waals surface area contributed by atoms with Crippen molar-refractivity contribution in [2.75, 3.05) is 11.1 Å². The molecule has 0 saturated carbocycles. The average Bonchev–Trinajstić information content (AvgIpc) is 2.33. The predicted octanol–water partition coefficient (Wildman–Crippen LogP) is 3.41. The van der Waals surface area contributed by atoms with Crippen molar-refractivity contribution in [3.05, 3.63) is 41.6 Å². The standard InChI is InChI=1S/C15H20N4/c1-10-9-17-14(16)19-13(10)18-12-7-5-11(6-8-12)15(2,3)4/h5-9H,1-4H3,(H3,16,17,18,19). The fraction of sp³-hybridized carbons (Fsp3) is 0.333. The van der Waals surface area contributed by atoms with Crippen LogP contribution in [0.4, 0.5) is 17.5 Å². The Bertz CT molecular complexity index is 568. The van der Waals surface area contributed by atoms with Gasteiger partial charge in [0.15, 0.2) is 0 Å². The third-order valence-corrected chi connectivity index (χ3v) is 3.00. The van der Waals surface area contributed by atoms with Crippen molar-refractivity contribution in [1.29, 1.82) is 0 Å². The predicted molar refractivity (Wildman–Crippen MR) is 79.6 cm³/mol. The summed E-state index contributed by atoms with van der Waals surface area (Å²) in [7, 11) is 0. The summed E-state index contributed by atoms with van der Waals surface area (Å²) in [5.41, 5.74) is 9.02. The van der Waals surface area contributed by atoms with Gasteiger partial charge in [0, 0.05) is 17.4 Å². The molecular formula is C15H20N4. The van der Waals surface area contributed by atoms with Crippen molar-refractivity contribution in [1.82, 2.24) is 9.97 Å². The molecule has 4 nitrogen and oxygen atoms in total. The molecule has 1 aromatic carbocycles. The molecule has 0 saturated heterocycles. The number of hydrogen-bond acceptors (Lipinski definition) is 4. The van der Waals surface area contributed by atoms with Crippen molar-refractivity contribution in [2.45, 2.75) is 33.1 Å². The lowest BCUT2D eigenvalue weighted by Gasteiger charge is -2.19. The maximum absolute atomic E-state index is 5.60. The van der Waals surface area contributed by atoms with Gasteiger partial charge in [0.2, 0.25) is 5.95 Å². The Morgan fingerprint density at radius 1 is 1.11 bits per heavy atom. The fourth-order valence-electron chi connectivity index (χ4n) is 1.77. The Balaban J connectivity index is 2.22. The molecule has 1 heterocycles. The third kappa shape index (κ3) is 3.22. The maximum Gasteiger partial charge on any atom is 0.221 e. The Labute approximate surface area is 114 Å². The van der Waals surface area contributed by atoms with E-state index < -0.39 is 0 Å². The Kier molecular flexibility index (Phi) is 3.42. The second kappa shape index (κ2) is 4.88. The molecule has 19 heavy (non-hydrogen) atoms. The van der Waals surface area contributed by atoms with E-state index in [1.165, 1.54) is 5.56 Å². The molecule has 3 N–H and O–H groups in total. The van der Waals surface area contributed by atoms with Crippen molar-refractivity contribution in [3.63, 3.8) is 0 Å². The van der Waals surface area contributed by atoms with Crippen LogP contribution in [-0.2, 0) is 5.41 Å². The summed E-state index contributed by atoms with van der Waals surface area (Å²) in [4.78, 5) is 8.15. The van der Waals surface area contributed by atoms with Crippen LogP contribution in [0.3, 0.4) is 0 Å². The van der Waals surface area contributed by atoms with Crippen LogP contribution in [0.2, 0.25) is 0 Å². The van der Waals surface area contributed by atoms with Gasteiger partial charge in [-0.1, -0.05) is 32.9 Å². The molecule has 0 aliphatic rings. The molecule has 1 aromatic heterocycles. The van der Waals surface area contributed by atoms with E-state index in [-0.39, 0.29) is 11.4 Å². The Hall–Kier alpha value is -2.10. The van der Waals surface area contributed by atoms with Crippen molar-refractivity contribution in [3.8, 4) is 0 Å². The van der Waals surface area contributed by atoms with Crippen LogP contribution >= 0.6 is 0 Å². The van der Waals surface area contributed by atoms with Crippen LogP contribution in [-0.4, -0.2) is 9.97 Å². The SMILES string of the molecule is Cc1cnc(N)nc1Nc1ccc(C(C)(C)C)cc1. The average molecular weight is 256 g/mol. The zero-order valence-corrected chi connectivity index (χ0v) is 11.9. The first-order chi connectivity index (χ1) is 8.86. The van der Waals surface area contributed by atoms with Gasteiger partial charge in [-0.2, -0.15) is 4.98 Å². The first kappa shape index (κ1) is 13.3.